The SMILES string of the molecule is Cc1cc(C(=O)N2CCN(C(=O)C(NC(=O)c3ccccc3)c3ccccc3)CC2)on1. The van der Waals surface area contributed by atoms with Crippen LogP contribution < -0.4 is 5.32 Å². The summed E-state index contributed by atoms with van der Waals surface area (Å²) < 4.78 is 5.07. The first-order chi connectivity index (χ1) is 15.5. The van der Waals surface area contributed by atoms with Crippen molar-refractivity contribution in [3.05, 3.63) is 89.3 Å². The highest BCUT2D eigenvalue weighted by Gasteiger charge is 2.32. The molecule has 8 heteroatoms. The Bertz CT molecular complexity index is 1090. The van der Waals surface area contributed by atoms with Crippen molar-refractivity contribution in [2.45, 2.75) is 13.0 Å². The lowest BCUT2D eigenvalue weighted by Crippen LogP contribution is -2.53. The molecule has 1 aliphatic rings. The van der Waals surface area contributed by atoms with E-state index in [-0.39, 0.29) is 23.5 Å². The molecule has 1 aliphatic heterocycles. The summed E-state index contributed by atoms with van der Waals surface area (Å²) in [6.45, 7) is 3.23. The lowest BCUT2D eigenvalue weighted by atomic mass is 10.0. The van der Waals surface area contributed by atoms with Gasteiger partial charge in [0.15, 0.2) is 0 Å². The van der Waals surface area contributed by atoms with Crippen molar-refractivity contribution in [2.24, 2.45) is 0 Å². The maximum Gasteiger partial charge on any atom is 0.292 e. The Morgan fingerprint density at radius 2 is 1.50 bits per heavy atom. The summed E-state index contributed by atoms with van der Waals surface area (Å²) in [6, 6.07) is 18.8. The molecular weight excluding hydrogens is 408 g/mol. The van der Waals surface area contributed by atoms with E-state index in [4.69, 9.17) is 4.52 Å². The molecule has 2 heterocycles. The number of hydrogen-bond donors (Lipinski definition) is 1. The largest absolute Gasteiger partial charge is 0.351 e. The number of rotatable bonds is 5. The van der Waals surface area contributed by atoms with E-state index in [0.29, 0.717) is 43.0 Å². The maximum atomic E-state index is 13.4. The number of nitrogens with zero attached hydrogens (tertiary/aromatic N) is 3. The van der Waals surface area contributed by atoms with Gasteiger partial charge in [-0.2, -0.15) is 0 Å². The Morgan fingerprint density at radius 3 is 2.09 bits per heavy atom. The number of hydrogen-bond acceptors (Lipinski definition) is 5. The molecule has 0 bridgehead atoms. The van der Waals surface area contributed by atoms with Crippen molar-refractivity contribution < 1.29 is 18.9 Å². The van der Waals surface area contributed by atoms with Crippen LogP contribution in [0, 0.1) is 6.92 Å². The van der Waals surface area contributed by atoms with Crippen LogP contribution in [-0.4, -0.2) is 58.9 Å². The first kappa shape index (κ1) is 21.3. The highest BCUT2D eigenvalue weighted by molar-refractivity contribution is 5.98. The van der Waals surface area contributed by atoms with E-state index >= 15 is 0 Å². The molecule has 8 nitrogen and oxygen atoms in total. The molecule has 3 amide bonds. The second kappa shape index (κ2) is 9.47. The standard InChI is InChI=1S/C24H24N4O4/c1-17-16-20(32-26-17)23(30)27-12-14-28(15-13-27)24(31)21(18-8-4-2-5-9-18)25-22(29)19-10-6-3-7-11-19/h2-11,16,21H,12-15H2,1H3,(H,25,29). The molecule has 0 aliphatic carbocycles. The van der Waals surface area contributed by atoms with Crippen LogP contribution in [0.3, 0.4) is 0 Å². The predicted octanol–water partition coefficient (Wildman–Crippen LogP) is 2.44. The minimum Gasteiger partial charge on any atom is -0.351 e. The topological polar surface area (TPSA) is 95.8 Å². The zero-order valence-electron chi connectivity index (χ0n) is 17.7. The highest BCUT2D eigenvalue weighted by atomic mass is 16.5. The first-order valence-corrected chi connectivity index (χ1v) is 10.4. The van der Waals surface area contributed by atoms with Gasteiger partial charge in [0.25, 0.3) is 11.8 Å². The van der Waals surface area contributed by atoms with Crippen molar-refractivity contribution in [3.8, 4) is 0 Å². The smallest absolute Gasteiger partial charge is 0.292 e. The second-order valence-corrected chi connectivity index (χ2v) is 7.63. The van der Waals surface area contributed by atoms with Crippen LogP contribution >= 0.6 is 0 Å². The van der Waals surface area contributed by atoms with Crippen molar-refractivity contribution in [1.29, 1.82) is 0 Å². The molecule has 164 valence electrons. The Morgan fingerprint density at radius 1 is 0.906 bits per heavy atom. The van der Waals surface area contributed by atoms with Crippen LogP contribution in [0.15, 0.2) is 71.3 Å². The van der Waals surface area contributed by atoms with Gasteiger partial charge < -0.3 is 19.6 Å². The number of benzene rings is 2. The summed E-state index contributed by atoms with van der Waals surface area (Å²) in [4.78, 5) is 42.1. The van der Waals surface area contributed by atoms with Crippen LogP contribution in [0.25, 0.3) is 0 Å². The normalized spacial score (nSPS) is 14.7. The number of nitrogens with one attached hydrogen (secondary N) is 1. The monoisotopic (exact) mass is 432 g/mol. The molecule has 1 unspecified atom stereocenters. The minimum absolute atomic E-state index is 0.194. The predicted molar refractivity (Wildman–Crippen MR) is 117 cm³/mol. The average Bonchev–Trinajstić information content (AvgIpc) is 3.29. The van der Waals surface area contributed by atoms with Crippen LogP contribution in [0.4, 0.5) is 0 Å². The molecule has 1 N–H and O–H groups in total. The van der Waals surface area contributed by atoms with Gasteiger partial charge in [-0.25, -0.2) is 0 Å². The fourth-order valence-electron chi connectivity index (χ4n) is 3.67. The van der Waals surface area contributed by atoms with Crippen molar-refractivity contribution in [2.75, 3.05) is 26.2 Å². The number of aromatic nitrogens is 1. The van der Waals surface area contributed by atoms with Crippen LogP contribution in [0.2, 0.25) is 0 Å². The molecule has 32 heavy (non-hydrogen) atoms. The fourth-order valence-corrected chi connectivity index (χ4v) is 3.67. The lowest BCUT2D eigenvalue weighted by Gasteiger charge is -2.36. The van der Waals surface area contributed by atoms with Gasteiger partial charge in [-0.05, 0) is 24.6 Å². The Hall–Kier alpha value is -3.94. The van der Waals surface area contributed by atoms with E-state index in [1.165, 1.54) is 0 Å². The van der Waals surface area contributed by atoms with Crippen LogP contribution in [-0.2, 0) is 4.79 Å². The zero-order valence-corrected chi connectivity index (χ0v) is 17.7. The molecule has 0 radical (unpaired) electrons. The average molecular weight is 432 g/mol. The number of amides is 3. The molecule has 3 aromatic rings. The molecule has 4 rings (SSSR count). The quantitative estimate of drug-likeness (QED) is 0.668. The van der Waals surface area contributed by atoms with E-state index in [9.17, 15) is 14.4 Å². The summed E-state index contributed by atoms with van der Waals surface area (Å²) in [5.41, 5.74) is 1.83. The van der Waals surface area contributed by atoms with Crippen molar-refractivity contribution in [3.63, 3.8) is 0 Å². The summed E-state index contributed by atoms with van der Waals surface area (Å²) in [7, 11) is 0. The molecule has 2 aromatic carbocycles. The number of aryl methyl sites for hydroxylation is 1. The number of piperazine rings is 1. The maximum absolute atomic E-state index is 13.4. The van der Waals surface area contributed by atoms with Crippen LogP contribution in [0.5, 0.6) is 0 Å². The molecule has 1 atom stereocenters. The van der Waals surface area contributed by atoms with E-state index in [2.05, 4.69) is 10.5 Å². The lowest BCUT2D eigenvalue weighted by molar-refractivity contribution is -0.134. The third kappa shape index (κ3) is 4.69. The van der Waals surface area contributed by atoms with Gasteiger partial charge in [0.2, 0.25) is 11.7 Å². The Balaban J connectivity index is 1.46. The van der Waals surface area contributed by atoms with E-state index in [1.807, 2.05) is 36.4 Å². The molecule has 0 saturated carbocycles. The molecule has 1 aromatic heterocycles. The zero-order chi connectivity index (χ0) is 22.5. The summed E-state index contributed by atoms with van der Waals surface area (Å²) >= 11 is 0. The van der Waals surface area contributed by atoms with Gasteiger partial charge in [-0.3, -0.25) is 14.4 Å². The minimum atomic E-state index is -0.817. The van der Waals surface area contributed by atoms with E-state index in [1.54, 1.807) is 47.1 Å². The third-order valence-corrected chi connectivity index (χ3v) is 5.41. The number of carbonyl (C=O) groups is 3. The molecular formula is C24H24N4O4. The van der Waals surface area contributed by atoms with Gasteiger partial charge in [0.05, 0.1) is 5.69 Å². The highest BCUT2D eigenvalue weighted by Crippen LogP contribution is 2.19. The third-order valence-electron chi connectivity index (χ3n) is 5.41. The molecule has 1 fully saturated rings. The van der Waals surface area contributed by atoms with Gasteiger partial charge >= 0.3 is 0 Å². The number of carbonyl (C=O) groups excluding carboxylic acids is 3. The van der Waals surface area contributed by atoms with Gasteiger partial charge in [-0.15, -0.1) is 0 Å². The van der Waals surface area contributed by atoms with Gasteiger partial charge in [0.1, 0.15) is 6.04 Å². The van der Waals surface area contributed by atoms with E-state index < -0.39 is 6.04 Å². The first-order valence-electron chi connectivity index (χ1n) is 10.4. The Labute approximate surface area is 185 Å². The Kier molecular flexibility index (Phi) is 6.30. The fraction of sp³-hybridized carbons (Fsp3) is 0.250. The van der Waals surface area contributed by atoms with Crippen molar-refractivity contribution >= 4 is 17.7 Å². The molecule has 0 spiro atoms. The summed E-state index contributed by atoms with van der Waals surface area (Å²) in [6.07, 6.45) is 0. The molecule has 1 saturated heterocycles. The van der Waals surface area contributed by atoms with Crippen molar-refractivity contribution in [1.82, 2.24) is 20.3 Å². The second-order valence-electron chi connectivity index (χ2n) is 7.63. The summed E-state index contributed by atoms with van der Waals surface area (Å²) in [5.74, 6) is -0.570. The van der Waals surface area contributed by atoms with Crippen LogP contribution in [0.1, 0.15) is 38.2 Å². The van der Waals surface area contributed by atoms with Gasteiger partial charge in [-0.1, -0.05) is 53.7 Å². The van der Waals surface area contributed by atoms with Gasteiger partial charge in [0, 0.05) is 37.8 Å². The van der Waals surface area contributed by atoms with E-state index in [0.717, 1.165) is 0 Å². The summed E-state index contributed by atoms with van der Waals surface area (Å²) in [5, 5.41) is 6.63.